The molecule has 1 saturated heterocycles. The monoisotopic (exact) mass is 621 g/mol. The Kier molecular flexibility index (Phi) is 7.60. The molecule has 0 amide bonds. The predicted octanol–water partition coefficient (Wildman–Crippen LogP) is 2.45. The van der Waals surface area contributed by atoms with Gasteiger partial charge in [-0.05, 0) is 79.7 Å². The summed E-state index contributed by atoms with van der Waals surface area (Å²) in [6.07, 6.45) is 4.95. The fourth-order valence-electron chi connectivity index (χ4n) is 7.80. The third kappa shape index (κ3) is 5.86. The molecule has 2 aromatic rings. The molecule has 4 bridgehead atoms. The Morgan fingerprint density at radius 3 is 2.35 bits per heavy atom. The van der Waals surface area contributed by atoms with Crippen LogP contribution in [0.1, 0.15) is 51.2 Å². The van der Waals surface area contributed by atoms with Gasteiger partial charge in [0.15, 0.2) is 29.1 Å². The van der Waals surface area contributed by atoms with Gasteiger partial charge in [0, 0.05) is 6.54 Å². The number of aliphatic hydroxyl groups excluding tert-OH is 2. The van der Waals surface area contributed by atoms with E-state index in [0.29, 0.717) is 23.3 Å². The molecule has 3 unspecified atom stereocenters. The van der Waals surface area contributed by atoms with Crippen LogP contribution in [-0.2, 0) is 18.4 Å². The molecule has 5 fully saturated rings. The van der Waals surface area contributed by atoms with Crippen LogP contribution in [0, 0.1) is 23.2 Å². The smallest absolute Gasteiger partial charge is 0.340 e. The standard InChI is InChI=1S/C23H34ClN5O9P2/c24-22-27-19(25-2-1-23-6-12-3-13(7-23)5-14(4-12)8-23)16-20(28-22)29(10-26-16)21-18(31)17(30)15(38-21)9-37-40(35,36)11-39(32,33)34/h10,12-15,17-18,21,30-31H,1-9,11H2,(H,35,36)(H,25,27,28)(H2,32,33,34)/t12-,13-,14?,15-,17?,18?,21-,23?/m1/s1. The molecule has 5 atom stereocenters. The zero-order valence-electron chi connectivity index (χ0n) is 21.6. The van der Waals surface area contributed by atoms with Crippen LogP contribution in [0.3, 0.4) is 0 Å². The lowest BCUT2D eigenvalue weighted by Crippen LogP contribution is -2.46. The molecule has 14 nitrogen and oxygen atoms in total. The van der Waals surface area contributed by atoms with Crippen molar-refractivity contribution in [2.24, 2.45) is 23.2 Å². The van der Waals surface area contributed by atoms with Crippen LogP contribution in [-0.4, -0.2) is 81.8 Å². The number of rotatable bonds is 10. The van der Waals surface area contributed by atoms with Gasteiger partial charge in [-0.25, -0.2) is 4.98 Å². The lowest BCUT2D eigenvalue weighted by molar-refractivity contribution is -0.0552. The van der Waals surface area contributed by atoms with Crippen molar-refractivity contribution in [3.63, 3.8) is 0 Å². The first kappa shape index (κ1) is 28.9. The number of hydrogen-bond donors (Lipinski definition) is 6. The Bertz CT molecular complexity index is 1340. The number of aliphatic hydroxyl groups is 2. The van der Waals surface area contributed by atoms with Crippen molar-refractivity contribution in [2.75, 3.05) is 24.4 Å². The molecule has 17 heteroatoms. The quantitative estimate of drug-likeness (QED) is 0.166. The van der Waals surface area contributed by atoms with E-state index in [2.05, 4.69) is 20.3 Å². The van der Waals surface area contributed by atoms with Crippen LogP contribution < -0.4 is 5.32 Å². The average molecular weight is 622 g/mol. The Morgan fingerprint density at radius 1 is 1.07 bits per heavy atom. The van der Waals surface area contributed by atoms with Crippen molar-refractivity contribution in [3.05, 3.63) is 11.6 Å². The zero-order valence-corrected chi connectivity index (χ0v) is 24.2. The van der Waals surface area contributed by atoms with Gasteiger partial charge in [-0.15, -0.1) is 0 Å². The third-order valence-electron chi connectivity index (χ3n) is 8.92. The van der Waals surface area contributed by atoms with Gasteiger partial charge < -0.3 is 39.5 Å². The van der Waals surface area contributed by atoms with Crippen molar-refractivity contribution in [2.45, 2.75) is 69.5 Å². The molecule has 4 aliphatic carbocycles. The van der Waals surface area contributed by atoms with Gasteiger partial charge in [-0.2, -0.15) is 9.97 Å². The molecule has 0 spiro atoms. The molecule has 4 saturated carbocycles. The molecule has 40 heavy (non-hydrogen) atoms. The average Bonchev–Trinajstić information content (AvgIpc) is 3.36. The summed E-state index contributed by atoms with van der Waals surface area (Å²) in [5.74, 6) is 1.65. The summed E-state index contributed by atoms with van der Waals surface area (Å²) >= 11 is 6.24. The van der Waals surface area contributed by atoms with Gasteiger partial charge >= 0.3 is 15.2 Å². The van der Waals surface area contributed by atoms with Crippen LogP contribution >= 0.6 is 26.8 Å². The molecule has 3 heterocycles. The highest BCUT2D eigenvalue weighted by molar-refractivity contribution is 7.70. The van der Waals surface area contributed by atoms with Crippen molar-refractivity contribution < 1.29 is 43.3 Å². The van der Waals surface area contributed by atoms with Crippen LogP contribution in [0.2, 0.25) is 5.28 Å². The second-order valence-electron chi connectivity index (χ2n) is 12.0. The van der Waals surface area contributed by atoms with E-state index < -0.39 is 52.2 Å². The van der Waals surface area contributed by atoms with E-state index in [1.807, 2.05) is 0 Å². The number of aromatic nitrogens is 4. The molecule has 2 aromatic heterocycles. The lowest BCUT2D eigenvalue weighted by atomic mass is 9.49. The first-order valence-corrected chi connectivity index (χ1v) is 17.4. The van der Waals surface area contributed by atoms with Gasteiger partial charge in [-0.1, -0.05) is 0 Å². The number of ether oxygens (including phenoxy) is 1. The highest BCUT2D eigenvalue weighted by Crippen LogP contribution is 2.61. The first-order chi connectivity index (χ1) is 18.8. The van der Waals surface area contributed by atoms with Crippen molar-refractivity contribution >= 4 is 43.8 Å². The molecule has 0 radical (unpaired) electrons. The Labute approximate surface area is 235 Å². The molecule has 7 rings (SSSR count). The maximum Gasteiger partial charge on any atom is 0.340 e. The van der Waals surface area contributed by atoms with Gasteiger partial charge in [0.2, 0.25) is 5.28 Å². The number of nitrogens with one attached hydrogen (secondary N) is 1. The van der Waals surface area contributed by atoms with Gasteiger partial charge in [-0.3, -0.25) is 13.7 Å². The summed E-state index contributed by atoms with van der Waals surface area (Å²) in [6.45, 7) is 0.0139. The van der Waals surface area contributed by atoms with Crippen LogP contribution in [0.4, 0.5) is 5.82 Å². The van der Waals surface area contributed by atoms with E-state index in [-0.39, 0.29) is 10.9 Å². The maximum absolute atomic E-state index is 12.0. The zero-order chi connectivity index (χ0) is 28.4. The van der Waals surface area contributed by atoms with E-state index in [4.69, 9.17) is 30.6 Å². The number of anilines is 1. The predicted molar refractivity (Wildman–Crippen MR) is 143 cm³/mol. The number of hydrogen-bond acceptors (Lipinski definition) is 10. The normalized spacial score (nSPS) is 36.8. The molecular weight excluding hydrogens is 588 g/mol. The fraction of sp³-hybridized carbons (Fsp3) is 0.783. The minimum atomic E-state index is -4.82. The highest BCUT2D eigenvalue weighted by atomic mass is 35.5. The summed E-state index contributed by atoms with van der Waals surface area (Å²) < 4.78 is 34.9. The van der Waals surface area contributed by atoms with E-state index in [1.54, 1.807) is 0 Å². The molecule has 6 N–H and O–H groups in total. The second kappa shape index (κ2) is 10.5. The van der Waals surface area contributed by atoms with E-state index >= 15 is 0 Å². The Hall–Kier alpha value is -1.18. The van der Waals surface area contributed by atoms with Gasteiger partial charge in [0.05, 0.1) is 12.9 Å². The molecule has 0 aromatic carbocycles. The van der Waals surface area contributed by atoms with Crippen molar-refractivity contribution in [1.82, 2.24) is 19.5 Å². The minimum absolute atomic E-state index is 0.0434. The summed E-state index contributed by atoms with van der Waals surface area (Å²) in [4.78, 5) is 40.6. The number of imidazole rings is 1. The number of fused-ring (bicyclic) bond motifs is 1. The summed E-state index contributed by atoms with van der Waals surface area (Å²) in [5, 5.41) is 24.5. The summed E-state index contributed by atoms with van der Waals surface area (Å²) in [7, 11) is -9.50. The first-order valence-electron chi connectivity index (χ1n) is 13.5. The minimum Gasteiger partial charge on any atom is -0.387 e. The molecule has 1 aliphatic heterocycles. The summed E-state index contributed by atoms with van der Waals surface area (Å²) in [5.41, 5.74) is 1.04. The lowest BCUT2D eigenvalue weighted by Gasteiger charge is -2.57. The topological polar surface area (TPSA) is 209 Å². The number of nitrogens with zero attached hydrogens (tertiary/aromatic N) is 4. The molecular formula is C23H34ClN5O9P2. The largest absolute Gasteiger partial charge is 0.387 e. The third-order valence-corrected chi connectivity index (χ3v) is 12.5. The number of halogens is 1. The van der Waals surface area contributed by atoms with Crippen LogP contribution in [0.25, 0.3) is 11.2 Å². The fourth-order valence-corrected chi connectivity index (χ4v) is 10.5. The summed E-state index contributed by atoms with van der Waals surface area (Å²) in [6, 6.07) is 0. The molecule has 5 aliphatic rings. The molecule has 222 valence electrons. The Balaban J connectivity index is 1.14. The van der Waals surface area contributed by atoms with Crippen molar-refractivity contribution in [1.29, 1.82) is 0 Å². The van der Waals surface area contributed by atoms with E-state index in [9.17, 15) is 24.2 Å². The highest BCUT2D eigenvalue weighted by Gasteiger charge is 2.50. The van der Waals surface area contributed by atoms with Crippen LogP contribution in [0.15, 0.2) is 6.33 Å². The van der Waals surface area contributed by atoms with Crippen molar-refractivity contribution in [3.8, 4) is 0 Å². The Morgan fingerprint density at radius 2 is 1.73 bits per heavy atom. The van der Waals surface area contributed by atoms with Crippen LogP contribution in [0.5, 0.6) is 0 Å². The van der Waals surface area contributed by atoms with Gasteiger partial charge in [0.1, 0.15) is 18.3 Å². The van der Waals surface area contributed by atoms with E-state index in [0.717, 1.165) is 24.2 Å². The van der Waals surface area contributed by atoms with E-state index in [1.165, 1.54) is 49.4 Å². The van der Waals surface area contributed by atoms with Gasteiger partial charge in [0.25, 0.3) is 0 Å². The second-order valence-corrected chi connectivity index (χ2v) is 16.4. The SMILES string of the molecule is O=P(O)(O)CP(=O)(O)OC[C@H]1O[C@@H](n2cnc3c(NCCC45CC6C[C@H](C4)C[C@H](C6)C5)nc(Cl)nc32)C(O)C1O. The maximum atomic E-state index is 12.0.